The zero-order valence-electron chi connectivity index (χ0n) is 16.5. The van der Waals surface area contributed by atoms with E-state index in [1.54, 1.807) is 7.11 Å². The Balaban J connectivity index is 1.61. The standard InChI is InChI=1S/C22H27NO4/c1-21(2,3)27-20(24)23-11-10-22-14-6-5-7-17(22)26-19-16(25-4)9-8-13(18(19)22)12-15(14)23/h5-6,8-9,14-15,17H,7,10-12H2,1-4H3/t14-,15+,17-,22+/m0/s1. The highest BCUT2D eigenvalue weighted by Crippen LogP contribution is 2.62. The van der Waals surface area contributed by atoms with E-state index in [9.17, 15) is 4.79 Å². The van der Waals surface area contributed by atoms with Gasteiger partial charge >= 0.3 is 6.09 Å². The molecule has 0 N–H and O–H groups in total. The van der Waals surface area contributed by atoms with E-state index in [1.807, 2.05) is 31.7 Å². The Morgan fingerprint density at radius 3 is 2.89 bits per heavy atom. The second-order valence-electron chi connectivity index (χ2n) is 9.16. The molecule has 5 heteroatoms. The highest BCUT2D eigenvalue weighted by atomic mass is 16.6. The molecule has 4 aliphatic rings. The minimum atomic E-state index is -0.485. The normalized spacial score (nSPS) is 32.6. The molecule has 27 heavy (non-hydrogen) atoms. The van der Waals surface area contributed by atoms with Crippen LogP contribution in [0.3, 0.4) is 0 Å². The first kappa shape index (κ1) is 17.0. The third-order valence-electron chi connectivity index (χ3n) is 6.65. The average Bonchev–Trinajstić information content (AvgIpc) is 2.93. The fourth-order valence-corrected chi connectivity index (χ4v) is 5.73. The Hall–Kier alpha value is -2.17. The molecule has 5 nitrogen and oxygen atoms in total. The average molecular weight is 369 g/mol. The van der Waals surface area contributed by atoms with Gasteiger partial charge in [-0.15, -0.1) is 0 Å². The molecule has 1 saturated heterocycles. The molecule has 2 bridgehead atoms. The molecule has 4 atom stereocenters. The molecule has 5 rings (SSSR count). The van der Waals surface area contributed by atoms with Crippen molar-refractivity contribution in [1.82, 2.24) is 4.90 Å². The van der Waals surface area contributed by atoms with Crippen LogP contribution in [-0.2, 0) is 16.6 Å². The van der Waals surface area contributed by atoms with E-state index in [0.717, 1.165) is 30.8 Å². The molecule has 1 aromatic rings. The van der Waals surface area contributed by atoms with E-state index in [0.29, 0.717) is 6.54 Å². The van der Waals surface area contributed by atoms with Crippen LogP contribution in [0.4, 0.5) is 4.79 Å². The van der Waals surface area contributed by atoms with Crippen LogP contribution in [0.5, 0.6) is 11.5 Å². The monoisotopic (exact) mass is 369 g/mol. The van der Waals surface area contributed by atoms with Gasteiger partial charge in [-0.2, -0.15) is 0 Å². The van der Waals surface area contributed by atoms with Crippen LogP contribution in [0.15, 0.2) is 24.3 Å². The van der Waals surface area contributed by atoms with Gasteiger partial charge in [-0.05, 0) is 45.2 Å². The van der Waals surface area contributed by atoms with Gasteiger partial charge in [-0.1, -0.05) is 18.2 Å². The lowest BCUT2D eigenvalue weighted by atomic mass is 9.54. The summed E-state index contributed by atoms with van der Waals surface area (Å²) in [5.74, 6) is 2.01. The topological polar surface area (TPSA) is 48.0 Å². The second-order valence-corrected chi connectivity index (χ2v) is 9.16. The summed E-state index contributed by atoms with van der Waals surface area (Å²) >= 11 is 0. The van der Waals surface area contributed by atoms with E-state index < -0.39 is 5.60 Å². The van der Waals surface area contributed by atoms with Crippen molar-refractivity contribution in [1.29, 1.82) is 0 Å². The SMILES string of the molecule is COc1ccc2c3c1O[C@H]1CC=C[C@H]4[C@@H](C2)N(C(=O)OC(C)(C)C)CC[C@]314. The van der Waals surface area contributed by atoms with Crippen LogP contribution in [0.1, 0.15) is 44.7 Å². The highest BCUT2D eigenvalue weighted by Gasteiger charge is 2.63. The van der Waals surface area contributed by atoms with Gasteiger partial charge in [-0.3, -0.25) is 0 Å². The van der Waals surface area contributed by atoms with E-state index in [2.05, 4.69) is 18.2 Å². The van der Waals surface area contributed by atoms with Gasteiger partial charge < -0.3 is 19.1 Å². The van der Waals surface area contributed by atoms with E-state index in [-0.39, 0.29) is 29.6 Å². The summed E-state index contributed by atoms with van der Waals surface area (Å²) in [7, 11) is 1.70. The molecule has 2 heterocycles. The molecular weight excluding hydrogens is 342 g/mol. The number of carbonyl (C=O) groups excluding carboxylic acids is 1. The van der Waals surface area contributed by atoms with Gasteiger partial charge in [0.05, 0.1) is 7.11 Å². The number of rotatable bonds is 1. The number of hydrogen-bond acceptors (Lipinski definition) is 4. The molecule has 1 aromatic carbocycles. The first-order valence-corrected chi connectivity index (χ1v) is 9.88. The quantitative estimate of drug-likeness (QED) is 0.706. The third kappa shape index (κ3) is 2.20. The molecule has 144 valence electrons. The van der Waals surface area contributed by atoms with Crippen molar-refractivity contribution in [2.75, 3.05) is 13.7 Å². The summed E-state index contributed by atoms with van der Waals surface area (Å²) in [6.07, 6.45) is 7.11. The molecule has 0 radical (unpaired) electrons. The number of likely N-dealkylation sites (tertiary alicyclic amines) is 1. The molecule has 1 amide bonds. The highest BCUT2D eigenvalue weighted by molar-refractivity contribution is 5.71. The van der Waals surface area contributed by atoms with Gasteiger partial charge in [0, 0.05) is 35.9 Å². The lowest BCUT2D eigenvalue weighted by Gasteiger charge is -2.56. The van der Waals surface area contributed by atoms with Crippen LogP contribution in [0.2, 0.25) is 0 Å². The number of carbonyl (C=O) groups is 1. The number of ether oxygens (including phenoxy) is 3. The number of methoxy groups -OCH3 is 1. The van der Waals surface area contributed by atoms with E-state index in [1.165, 1.54) is 11.1 Å². The van der Waals surface area contributed by atoms with E-state index in [4.69, 9.17) is 14.2 Å². The summed E-state index contributed by atoms with van der Waals surface area (Å²) in [5.41, 5.74) is 2.09. The first-order valence-electron chi connectivity index (χ1n) is 9.88. The lowest BCUT2D eigenvalue weighted by Crippen LogP contribution is -2.64. The van der Waals surface area contributed by atoms with Crippen molar-refractivity contribution < 1.29 is 19.0 Å². The molecular formula is C22H27NO4. The minimum Gasteiger partial charge on any atom is -0.493 e. The van der Waals surface area contributed by atoms with Gasteiger partial charge in [0.1, 0.15) is 11.7 Å². The fourth-order valence-electron chi connectivity index (χ4n) is 5.73. The molecule has 1 spiro atoms. The predicted molar refractivity (Wildman–Crippen MR) is 101 cm³/mol. The molecule has 0 aromatic heterocycles. The molecule has 0 saturated carbocycles. The number of benzene rings is 1. The third-order valence-corrected chi connectivity index (χ3v) is 6.65. The number of hydrogen-bond donors (Lipinski definition) is 0. The molecule has 1 fully saturated rings. The molecule has 2 aliphatic carbocycles. The zero-order chi connectivity index (χ0) is 19.0. The summed E-state index contributed by atoms with van der Waals surface area (Å²) in [5, 5.41) is 0. The van der Waals surface area contributed by atoms with Crippen LogP contribution in [0.25, 0.3) is 0 Å². The smallest absolute Gasteiger partial charge is 0.410 e. The minimum absolute atomic E-state index is 0.0462. The Morgan fingerprint density at radius 1 is 1.33 bits per heavy atom. The fraction of sp³-hybridized carbons (Fsp3) is 0.591. The lowest BCUT2D eigenvalue weighted by molar-refractivity contribution is -0.0320. The second kappa shape index (κ2) is 5.43. The van der Waals surface area contributed by atoms with Crippen LogP contribution >= 0.6 is 0 Å². The van der Waals surface area contributed by atoms with Crippen molar-refractivity contribution in [3.8, 4) is 11.5 Å². The van der Waals surface area contributed by atoms with Crippen molar-refractivity contribution in [3.63, 3.8) is 0 Å². The first-order chi connectivity index (χ1) is 12.8. The summed E-state index contributed by atoms with van der Waals surface area (Å²) in [6.45, 7) is 6.48. The van der Waals surface area contributed by atoms with Crippen molar-refractivity contribution in [3.05, 3.63) is 35.4 Å². The molecule has 0 unspecified atom stereocenters. The Labute approximate surface area is 160 Å². The van der Waals surface area contributed by atoms with Crippen LogP contribution in [-0.4, -0.2) is 42.4 Å². The summed E-state index contributed by atoms with van der Waals surface area (Å²) in [6, 6.07) is 4.28. The molecule has 2 aliphatic heterocycles. The van der Waals surface area contributed by atoms with E-state index >= 15 is 0 Å². The maximum absolute atomic E-state index is 12.9. The maximum atomic E-state index is 12.9. The predicted octanol–water partition coefficient (Wildman–Crippen LogP) is 3.84. The largest absolute Gasteiger partial charge is 0.493 e. The Kier molecular flexibility index (Phi) is 3.41. The van der Waals surface area contributed by atoms with Gasteiger partial charge in [0.15, 0.2) is 11.5 Å². The summed E-state index contributed by atoms with van der Waals surface area (Å²) in [4.78, 5) is 14.9. The van der Waals surface area contributed by atoms with Gasteiger partial charge in [-0.25, -0.2) is 4.79 Å². The number of nitrogens with zero attached hydrogens (tertiary/aromatic N) is 1. The Morgan fingerprint density at radius 2 is 2.15 bits per heavy atom. The Bertz CT molecular complexity index is 839. The van der Waals surface area contributed by atoms with Gasteiger partial charge in [0.2, 0.25) is 0 Å². The number of amides is 1. The summed E-state index contributed by atoms with van der Waals surface area (Å²) < 4.78 is 17.8. The van der Waals surface area contributed by atoms with Crippen molar-refractivity contribution in [2.24, 2.45) is 5.92 Å². The number of piperidine rings is 1. The van der Waals surface area contributed by atoms with Crippen molar-refractivity contribution in [2.45, 2.75) is 63.2 Å². The zero-order valence-corrected chi connectivity index (χ0v) is 16.5. The van der Waals surface area contributed by atoms with Crippen LogP contribution < -0.4 is 9.47 Å². The van der Waals surface area contributed by atoms with Crippen molar-refractivity contribution >= 4 is 6.09 Å². The van der Waals surface area contributed by atoms with Crippen LogP contribution in [0, 0.1) is 5.92 Å². The van der Waals surface area contributed by atoms with Gasteiger partial charge in [0.25, 0.3) is 0 Å². The maximum Gasteiger partial charge on any atom is 0.410 e.